The molecule has 0 radical (unpaired) electrons. The Morgan fingerprint density at radius 1 is 1.60 bits per heavy atom. The molecule has 0 aliphatic carbocycles. The zero-order valence-corrected chi connectivity index (χ0v) is 6.70. The predicted molar refractivity (Wildman–Crippen MR) is 40.2 cm³/mol. The van der Waals surface area contributed by atoms with Crippen LogP contribution in [0.25, 0.3) is 0 Å². The van der Waals surface area contributed by atoms with Crippen LogP contribution in [0.2, 0.25) is 0 Å². The van der Waals surface area contributed by atoms with E-state index in [1.165, 1.54) is 4.88 Å². The lowest BCUT2D eigenvalue weighted by molar-refractivity contribution is 0.109. The minimum absolute atomic E-state index is 0.722. The van der Waals surface area contributed by atoms with E-state index in [-0.39, 0.29) is 0 Å². The first-order valence-corrected chi connectivity index (χ1v) is 4.21. The van der Waals surface area contributed by atoms with Gasteiger partial charge in [-0.05, 0) is 6.92 Å². The van der Waals surface area contributed by atoms with E-state index in [2.05, 4.69) is 4.98 Å². The Labute approximate surface area is 63.9 Å². The van der Waals surface area contributed by atoms with Crippen molar-refractivity contribution in [2.75, 3.05) is 6.61 Å². The third kappa shape index (κ3) is 0.954. The Morgan fingerprint density at radius 2 is 2.50 bits per heavy atom. The molecule has 3 heteroatoms. The fourth-order valence-electron chi connectivity index (χ4n) is 1.15. The lowest BCUT2D eigenvalue weighted by atomic mass is 10.3. The molecule has 1 aromatic heterocycles. The van der Waals surface area contributed by atoms with Crippen LogP contribution < -0.4 is 0 Å². The zero-order valence-electron chi connectivity index (χ0n) is 5.89. The van der Waals surface area contributed by atoms with Crippen LogP contribution in [0.1, 0.15) is 15.6 Å². The fourth-order valence-corrected chi connectivity index (χ4v) is 2.07. The van der Waals surface area contributed by atoms with Gasteiger partial charge in [0.25, 0.3) is 0 Å². The molecule has 0 aromatic carbocycles. The lowest BCUT2D eigenvalue weighted by Crippen LogP contribution is -2.07. The summed E-state index contributed by atoms with van der Waals surface area (Å²) in [6.45, 7) is 3.64. The Kier molecular flexibility index (Phi) is 1.47. The van der Waals surface area contributed by atoms with E-state index in [9.17, 15) is 0 Å². The average Bonchev–Trinajstić information content (AvgIpc) is 2.27. The highest BCUT2D eigenvalue weighted by atomic mass is 32.1. The van der Waals surface area contributed by atoms with Gasteiger partial charge in [0.1, 0.15) is 0 Å². The lowest BCUT2D eigenvalue weighted by Gasteiger charge is -2.08. The summed E-state index contributed by atoms with van der Waals surface area (Å²) in [5.74, 6) is 0. The molecule has 2 heterocycles. The van der Waals surface area contributed by atoms with Crippen LogP contribution in [-0.2, 0) is 17.8 Å². The third-order valence-corrected chi connectivity index (χ3v) is 2.67. The maximum absolute atomic E-state index is 5.25. The van der Waals surface area contributed by atoms with Crippen LogP contribution in [0.3, 0.4) is 0 Å². The first-order valence-electron chi connectivity index (χ1n) is 3.39. The van der Waals surface area contributed by atoms with Gasteiger partial charge in [-0.25, -0.2) is 4.98 Å². The van der Waals surface area contributed by atoms with E-state index in [4.69, 9.17) is 4.74 Å². The number of thiazole rings is 1. The normalized spacial score (nSPS) is 16.9. The van der Waals surface area contributed by atoms with Gasteiger partial charge in [-0.3, -0.25) is 0 Å². The third-order valence-electron chi connectivity index (χ3n) is 1.60. The second-order valence-corrected chi connectivity index (χ2v) is 3.69. The summed E-state index contributed by atoms with van der Waals surface area (Å²) >= 11 is 1.80. The summed E-state index contributed by atoms with van der Waals surface area (Å²) in [6, 6.07) is 0. The molecular weight excluding hydrogens is 146 g/mol. The minimum atomic E-state index is 0.722. The monoisotopic (exact) mass is 155 g/mol. The Bertz CT molecular complexity index is 220. The molecular formula is C7H9NOS. The standard InChI is InChI=1S/C7H9NOS/c1-5-8-6-4-9-3-2-7(6)10-5/h2-4H2,1H3. The predicted octanol–water partition coefficient (Wildman–Crippen LogP) is 1.52. The maximum Gasteiger partial charge on any atom is 0.0901 e. The largest absolute Gasteiger partial charge is 0.375 e. The van der Waals surface area contributed by atoms with Gasteiger partial charge < -0.3 is 4.74 Å². The van der Waals surface area contributed by atoms with E-state index >= 15 is 0 Å². The van der Waals surface area contributed by atoms with Crippen LogP contribution in [0.4, 0.5) is 0 Å². The van der Waals surface area contributed by atoms with Crippen molar-refractivity contribution in [2.45, 2.75) is 20.0 Å². The topological polar surface area (TPSA) is 22.1 Å². The number of rotatable bonds is 0. The SMILES string of the molecule is Cc1nc2c(s1)CCOC2. The van der Waals surface area contributed by atoms with Crippen LogP contribution in [0, 0.1) is 6.92 Å². The first kappa shape index (κ1) is 6.31. The molecule has 54 valence electrons. The van der Waals surface area contributed by atoms with Crippen LogP contribution in [0.15, 0.2) is 0 Å². The molecule has 0 unspecified atom stereocenters. The van der Waals surface area contributed by atoms with E-state index in [0.29, 0.717) is 0 Å². The van der Waals surface area contributed by atoms with Crippen molar-refractivity contribution in [3.05, 3.63) is 15.6 Å². The molecule has 0 fully saturated rings. The summed E-state index contributed by atoms with van der Waals surface area (Å²) in [5.41, 5.74) is 1.16. The number of ether oxygens (including phenoxy) is 1. The summed E-state index contributed by atoms with van der Waals surface area (Å²) < 4.78 is 5.25. The Morgan fingerprint density at radius 3 is 3.30 bits per heavy atom. The van der Waals surface area contributed by atoms with Crippen LogP contribution in [-0.4, -0.2) is 11.6 Å². The van der Waals surface area contributed by atoms with Crippen molar-refractivity contribution in [3.8, 4) is 0 Å². The minimum Gasteiger partial charge on any atom is -0.375 e. The van der Waals surface area contributed by atoms with Crippen molar-refractivity contribution < 1.29 is 4.74 Å². The van der Waals surface area contributed by atoms with Gasteiger partial charge in [-0.2, -0.15) is 0 Å². The van der Waals surface area contributed by atoms with Gasteiger partial charge in [0.2, 0.25) is 0 Å². The number of aromatic nitrogens is 1. The molecule has 0 N–H and O–H groups in total. The second-order valence-electron chi connectivity index (χ2n) is 2.41. The number of aryl methyl sites for hydroxylation is 1. The van der Waals surface area contributed by atoms with Gasteiger partial charge in [0, 0.05) is 11.3 Å². The highest BCUT2D eigenvalue weighted by molar-refractivity contribution is 7.11. The van der Waals surface area contributed by atoms with Crippen molar-refractivity contribution in [1.82, 2.24) is 4.98 Å². The average molecular weight is 155 g/mol. The smallest absolute Gasteiger partial charge is 0.0901 e. The first-order chi connectivity index (χ1) is 4.86. The van der Waals surface area contributed by atoms with E-state index in [1.54, 1.807) is 11.3 Å². The zero-order chi connectivity index (χ0) is 6.97. The number of hydrogen-bond donors (Lipinski definition) is 0. The molecule has 0 bridgehead atoms. The molecule has 1 aromatic rings. The van der Waals surface area contributed by atoms with Crippen molar-refractivity contribution in [3.63, 3.8) is 0 Å². The molecule has 2 nitrogen and oxygen atoms in total. The van der Waals surface area contributed by atoms with Crippen LogP contribution in [0.5, 0.6) is 0 Å². The number of fused-ring (bicyclic) bond motifs is 1. The fraction of sp³-hybridized carbons (Fsp3) is 0.571. The Hall–Kier alpha value is -0.410. The molecule has 0 atom stereocenters. The summed E-state index contributed by atoms with van der Waals surface area (Å²) in [5, 5.41) is 1.16. The maximum atomic E-state index is 5.25. The van der Waals surface area contributed by atoms with Gasteiger partial charge in [0.05, 0.1) is 23.9 Å². The molecule has 1 aliphatic rings. The van der Waals surface area contributed by atoms with Gasteiger partial charge >= 0.3 is 0 Å². The highest BCUT2D eigenvalue weighted by Crippen LogP contribution is 2.22. The van der Waals surface area contributed by atoms with Crippen molar-refractivity contribution in [1.29, 1.82) is 0 Å². The molecule has 0 saturated heterocycles. The Balaban J connectivity index is 2.41. The van der Waals surface area contributed by atoms with Crippen molar-refractivity contribution >= 4 is 11.3 Å². The van der Waals surface area contributed by atoms with E-state index in [0.717, 1.165) is 30.3 Å². The number of hydrogen-bond acceptors (Lipinski definition) is 3. The second kappa shape index (κ2) is 2.32. The molecule has 2 rings (SSSR count). The molecule has 0 saturated carbocycles. The van der Waals surface area contributed by atoms with Crippen molar-refractivity contribution in [2.24, 2.45) is 0 Å². The number of nitrogens with zero attached hydrogens (tertiary/aromatic N) is 1. The van der Waals surface area contributed by atoms with Gasteiger partial charge in [-0.1, -0.05) is 0 Å². The summed E-state index contributed by atoms with van der Waals surface area (Å²) in [7, 11) is 0. The van der Waals surface area contributed by atoms with Gasteiger partial charge in [0.15, 0.2) is 0 Å². The van der Waals surface area contributed by atoms with Gasteiger partial charge in [-0.15, -0.1) is 11.3 Å². The molecule has 10 heavy (non-hydrogen) atoms. The van der Waals surface area contributed by atoms with E-state index in [1.807, 2.05) is 6.92 Å². The van der Waals surface area contributed by atoms with Crippen LogP contribution >= 0.6 is 11.3 Å². The van der Waals surface area contributed by atoms with E-state index < -0.39 is 0 Å². The highest BCUT2D eigenvalue weighted by Gasteiger charge is 2.12. The summed E-state index contributed by atoms with van der Waals surface area (Å²) in [4.78, 5) is 5.76. The molecule has 0 spiro atoms. The summed E-state index contributed by atoms with van der Waals surface area (Å²) in [6.07, 6.45) is 1.06. The molecule has 0 amide bonds. The quantitative estimate of drug-likeness (QED) is 0.566. The molecule has 1 aliphatic heterocycles.